The molecule has 4 nitrogen and oxygen atoms in total. The summed E-state index contributed by atoms with van der Waals surface area (Å²) >= 11 is 0. The molecule has 0 spiro atoms. The van der Waals surface area contributed by atoms with E-state index in [1.165, 1.54) is 6.20 Å². The van der Waals surface area contributed by atoms with Gasteiger partial charge in [-0.05, 0) is 18.4 Å². The maximum absolute atomic E-state index is 8.89. The molecule has 0 aliphatic carbocycles. The molecule has 86 valence electrons. The van der Waals surface area contributed by atoms with Gasteiger partial charge in [0.05, 0.1) is 18.5 Å². The van der Waals surface area contributed by atoms with Gasteiger partial charge in [0.25, 0.3) is 0 Å². The molecule has 0 fully saturated rings. The molecule has 1 rings (SSSR count). The molecule has 2 N–H and O–H groups in total. The summed E-state index contributed by atoms with van der Waals surface area (Å²) in [6, 6.07) is 3.60. The molecule has 0 radical (unpaired) electrons. The number of hydrogen-bond donors (Lipinski definition) is 1. The first kappa shape index (κ1) is 12.3. The summed E-state index contributed by atoms with van der Waals surface area (Å²) in [4.78, 5) is 4.01. The Morgan fingerprint density at radius 2 is 2.38 bits per heavy atom. The molecule has 1 atom stereocenters. The Bertz CT molecular complexity index is 384. The van der Waals surface area contributed by atoms with Crippen molar-refractivity contribution in [2.24, 2.45) is 5.92 Å². The molecule has 1 aromatic heterocycles. The lowest BCUT2D eigenvalue weighted by atomic mass is 10.1. The Balaban J connectivity index is 2.64. The Morgan fingerprint density at radius 1 is 1.62 bits per heavy atom. The highest BCUT2D eigenvalue weighted by Crippen LogP contribution is 2.18. The third-order valence-electron chi connectivity index (χ3n) is 2.28. The minimum atomic E-state index is 0.375. The summed E-state index contributed by atoms with van der Waals surface area (Å²) in [5, 5.41) is 8.89. The SMILES string of the molecule is CCCC(C)COc1ncc(N)cc1C#N. The summed E-state index contributed by atoms with van der Waals surface area (Å²) < 4.78 is 5.51. The average molecular weight is 219 g/mol. The molecule has 1 unspecified atom stereocenters. The van der Waals surface area contributed by atoms with Crippen molar-refractivity contribution >= 4 is 5.69 Å². The zero-order valence-corrected chi connectivity index (χ0v) is 9.73. The number of nitrogens with zero attached hydrogens (tertiary/aromatic N) is 2. The lowest BCUT2D eigenvalue weighted by molar-refractivity contribution is 0.242. The van der Waals surface area contributed by atoms with E-state index in [0.717, 1.165) is 12.8 Å². The van der Waals surface area contributed by atoms with Gasteiger partial charge >= 0.3 is 0 Å². The molecule has 1 heterocycles. The highest BCUT2D eigenvalue weighted by Gasteiger charge is 2.08. The number of anilines is 1. The van der Waals surface area contributed by atoms with Crippen LogP contribution in [0.5, 0.6) is 5.88 Å². The number of nitrogens with two attached hydrogens (primary N) is 1. The fourth-order valence-corrected chi connectivity index (χ4v) is 1.46. The topological polar surface area (TPSA) is 71.9 Å². The first-order chi connectivity index (χ1) is 7.67. The molecule has 0 bridgehead atoms. The minimum absolute atomic E-state index is 0.375. The van der Waals surface area contributed by atoms with Crippen molar-refractivity contribution in [2.75, 3.05) is 12.3 Å². The highest BCUT2D eigenvalue weighted by molar-refractivity contribution is 5.48. The lowest BCUT2D eigenvalue weighted by Gasteiger charge is -2.12. The van der Waals surface area contributed by atoms with E-state index >= 15 is 0 Å². The van der Waals surface area contributed by atoms with Gasteiger partial charge in [-0.15, -0.1) is 0 Å². The van der Waals surface area contributed by atoms with Crippen molar-refractivity contribution in [3.05, 3.63) is 17.8 Å². The average Bonchev–Trinajstić information content (AvgIpc) is 2.27. The fraction of sp³-hybridized carbons (Fsp3) is 0.500. The van der Waals surface area contributed by atoms with E-state index in [2.05, 4.69) is 18.8 Å². The molecule has 0 amide bonds. The van der Waals surface area contributed by atoms with Crippen LogP contribution in [0, 0.1) is 17.2 Å². The Kier molecular flexibility index (Phi) is 4.59. The van der Waals surface area contributed by atoms with Crippen LogP contribution < -0.4 is 10.5 Å². The van der Waals surface area contributed by atoms with Crippen molar-refractivity contribution in [2.45, 2.75) is 26.7 Å². The number of ether oxygens (including phenoxy) is 1. The Labute approximate surface area is 96.1 Å². The van der Waals surface area contributed by atoms with Crippen molar-refractivity contribution < 1.29 is 4.74 Å². The third kappa shape index (κ3) is 3.43. The van der Waals surface area contributed by atoms with Gasteiger partial charge in [-0.25, -0.2) is 4.98 Å². The van der Waals surface area contributed by atoms with Crippen LogP contribution in [0.3, 0.4) is 0 Å². The van der Waals surface area contributed by atoms with Crippen LogP contribution in [0.25, 0.3) is 0 Å². The Hall–Kier alpha value is -1.76. The first-order valence-corrected chi connectivity index (χ1v) is 5.45. The zero-order chi connectivity index (χ0) is 12.0. The molecule has 1 aromatic rings. The van der Waals surface area contributed by atoms with Gasteiger partial charge < -0.3 is 10.5 Å². The monoisotopic (exact) mass is 219 g/mol. The lowest BCUT2D eigenvalue weighted by Crippen LogP contribution is -2.10. The van der Waals surface area contributed by atoms with Crippen molar-refractivity contribution in [3.63, 3.8) is 0 Å². The van der Waals surface area contributed by atoms with E-state index in [-0.39, 0.29) is 0 Å². The van der Waals surface area contributed by atoms with Crippen LogP contribution in [-0.4, -0.2) is 11.6 Å². The van der Waals surface area contributed by atoms with E-state index in [1.54, 1.807) is 6.07 Å². The molecular formula is C12H17N3O. The van der Waals surface area contributed by atoms with Crippen molar-refractivity contribution in [1.82, 2.24) is 4.98 Å². The standard InChI is InChI=1S/C12H17N3O/c1-3-4-9(2)8-16-12-10(6-13)5-11(14)7-15-12/h5,7,9H,3-4,8,14H2,1-2H3. The van der Waals surface area contributed by atoms with Crippen LogP contribution in [0.2, 0.25) is 0 Å². The normalized spacial score (nSPS) is 11.8. The minimum Gasteiger partial charge on any atom is -0.476 e. The predicted octanol–water partition coefficient (Wildman–Crippen LogP) is 2.35. The van der Waals surface area contributed by atoms with Gasteiger partial charge in [-0.2, -0.15) is 5.26 Å². The molecule has 0 aliphatic heterocycles. The van der Waals surface area contributed by atoms with Crippen LogP contribution in [0.15, 0.2) is 12.3 Å². The second kappa shape index (κ2) is 5.96. The van der Waals surface area contributed by atoms with E-state index in [1.807, 2.05) is 6.07 Å². The van der Waals surface area contributed by atoms with Gasteiger partial charge in [0.1, 0.15) is 11.6 Å². The summed E-state index contributed by atoms with van der Waals surface area (Å²) in [5.74, 6) is 0.843. The largest absolute Gasteiger partial charge is 0.476 e. The number of pyridine rings is 1. The van der Waals surface area contributed by atoms with E-state index < -0.39 is 0 Å². The summed E-state index contributed by atoms with van der Waals surface area (Å²) in [5.41, 5.74) is 6.41. The number of aromatic nitrogens is 1. The third-order valence-corrected chi connectivity index (χ3v) is 2.28. The molecule has 4 heteroatoms. The summed E-state index contributed by atoms with van der Waals surface area (Å²) in [7, 11) is 0. The van der Waals surface area contributed by atoms with Gasteiger partial charge in [0, 0.05) is 0 Å². The summed E-state index contributed by atoms with van der Waals surface area (Å²) in [6.07, 6.45) is 3.74. The van der Waals surface area contributed by atoms with E-state index in [9.17, 15) is 0 Å². The second-order valence-electron chi connectivity index (χ2n) is 3.94. The van der Waals surface area contributed by atoms with Crippen molar-refractivity contribution in [1.29, 1.82) is 5.26 Å². The fourth-order valence-electron chi connectivity index (χ4n) is 1.46. The van der Waals surface area contributed by atoms with Gasteiger partial charge in [0.2, 0.25) is 5.88 Å². The predicted molar refractivity (Wildman–Crippen MR) is 62.9 cm³/mol. The first-order valence-electron chi connectivity index (χ1n) is 5.45. The Morgan fingerprint density at radius 3 is 3.00 bits per heavy atom. The van der Waals surface area contributed by atoms with Crippen LogP contribution in [-0.2, 0) is 0 Å². The smallest absolute Gasteiger partial charge is 0.231 e. The van der Waals surface area contributed by atoms with E-state index in [0.29, 0.717) is 29.7 Å². The van der Waals surface area contributed by atoms with E-state index in [4.69, 9.17) is 15.7 Å². The summed E-state index contributed by atoms with van der Waals surface area (Å²) in [6.45, 7) is 4.84. The quantitative estimate of drug-likeness (QED) is 0.825. The molecule has 0 aliphatic rings. The molecule has 16 heavy (non-hydrogen) atoms. The van der Waals surface area contributed by atoms with Crippen LogP contribution >= 0.6 is 0 Å². The zero-order valence-electron chi connectivity index (χ0n) is 9.73. The molecule has 0 saturated heterocycles. The van der Waals surface area contributed by atoms with Gasteiger partial charge in [-0.1, -0.05) is 20.3 Å². The highest BCUT2D eigenvalue weighted by atomic mass is 16.5. The van der Waals surface area contributed by atoms with Gasteiger partial charge in [-0.3, -0.25) is 0 Å². The van der Waals surface area contributed by atoms with Crippen LogP contribution in [0.1, 0.15) is 32.3 Å². The number of nitriles is 1. The van der Waals surface area contributed by atoms with Gasteiger partial charge in [0.15, 0.2) is 0 Å². The molecular weight excluding hydrogens is 202 g/mol. The van der Waals surface area contributed by atoms with Crippen LogP contribution in [0.4, 0.5) is 5.69 Å². The number of rotatable bonds is 5. The number of hydrogen-bond acceptors (Lipinski definition) is 4. The molecule has 0 aromatic carbocycles. The maximum atomic E-state index is 8.89. The maximum Gasteiger partial charge on any atom is 0.231 e. The van der Waals surface area contributed by atoms with Crippen molar-refractivity contribution in [3.8, 4) is 11.9 Å². The molecule has 0 saturated carbocycles. The second-order valence-corrected chi connectivity index (χ2v) is 3.94. The number of nitrogen functional groups attached to an aromatic ring is 1.